The van der Waals surface area contributed by atoms with Crippen molar-refractivity contribution in [3.8, 4) is 5.75 Å². The molecule has 0 radical (unpaired) electrons. The minimum Gasteiger partial charge on any atom is -0.496 e. The maximum absolute atomic E-state index is 12.2. The number of ether oxygens (including phenoxy) is 1. The van der Waals surface area contributed by atoms with Crippen molar-refractivity contribution in [1.82, 2.24) is 9.97 Å². The van der Waals surface area contributed by atoms with Gasteiger partial charge in [0.25, 0.3) is 5.91 Å². The average Bonchev–Trinajstić information content (AvgIpc) is 2.37. The molecule has 0 spiro atoms. The molecule has 20 heavy (non-hydrogen) atoms. The highest BCUT2D eigenvalue weighted by Crippen LogP contribution is 2.23. The van der Waals surface area contributed by atoms with Crippen LogP contribution in [0.25, 0.3) is 0 Å². The lowest BCUT2D eigenvalue weighted by molar-refractivity contribution is 0.102. The number of nitrogens with zero attached hydrogens (tertiary/aromatic N) is 2. The monoisotopic (exact) mass is 311 g/mol. The summed E-state index contributed by atoms with van der Waals surface area (Å²) in [6.07, 6.45) is 0. The molecule has 0 aliphatic carbocycles. The van der Waals surface area contributed by atoms with Crippen LogP contribution in [0.3, 0.4) is 0 Å². The normalized spacial score (nSPS) is 10.2. The number of rotatable bonds is 3. The fraction of sp³-hybridized carbons (Fsp3) is 0.154. The van der Waals surface area contributed by atoms with Gasteiger partial charge in [-0.05, 0) is 31.2 Å². The van der Waals surface area contributed by atoms with Gasteiger partial charge in [0.05, 0.1) is 12.7 Å². The van der Waals surface area contributed by atoms with E-state index < -0.39 is 5.91 Å². The Kier molecular flexibility index (Phi) is 4.42. The second kappa shape index (κ2) is 6.07. The maximum Gasteiger partial charge on any atom is 0.261 e. The molecule has 0 unspecified atom stereocenters. The molecule has 0 fully saturated rings. The number of aryl methyl sites for hydroxylation is 1. The molecule has 1 heterocycles. The Hall–Kier alpha value is -1.85. The third-order valence-electron chi connectivity index (χ3n) is 2.45. The summed E-state index contributed by atoms with van der Waals surface area (Å²) in [5.41, 5.74) is 0.944. The van der Waals surface area contributed by atoms with Crippen LogP contribution in [-0.2, 0) is 0 Å². The number of nitrogens with one attached hydrogen (secondary N) is 1. The van der Waals surface area contributed by atoms with Crippen molar-refractivity contribution in [3.63, 3.8) is 0 Å². The molecule has 0 bridgehead atoms. The second-order valence-corrected chi connectivity index (χ2v) is 4.78. The van der Waals surface area contributed by atoms with Crippen LogP contribution in [0.5, 0.6) is 5.75 Å². The zero-order valence-corrected chi connectivity index (χ0v) is 12.3. The van der Waals surface area contributed by atoms with E-state index in [0.717, 1.165) is 0 Å². The van der Waals surface area contributed by atoms with E-state index in [1.165, 1.54) is 13.2 Å². The predicted octanol–water partition coefficient (Wildman–Crippen LogP) is 3.35. The first kappa shape index (κ1) is 14.6. The van der Waals surface area contributed by atoms with Gasteiger partial charge in [-0.1, -0.05) is 23.2 Å². The Morgan fingerprint density at radius 1 is 1.25 bits per heavy atom. The number of amides is 1. The highest BCUT2D eigenvalue weighted by Gasteiger charge is 2.14. The van der Waals surface area contributed by atoms with E-state index in [1.807, 2.05) is 0 Å². The Morgan fingerprint density at radius 3 is 2.65 bits per heavy atom. The number of halogens is 2. The van der Waals surface area contributed by atoms with Gasteiger partial charge in [0, 0.05) is 10.7 Å². The van der Waals surface area contributed by atoms with E-state index in [1.54, 1.807) is 25.1 Å². The van der Waals surface area contributed by atoms with Gasteiger partial charge in [0.2, 0.25) is 5.95 Å². The molecule has 0 saturated heterocycles. The Morgan fingerprint density at radius 2 is 2.00 bits per heavy atom. The van der Waals surface area contributed by atoms with Crippen LogP contribution in [0.4, 0.5) is 5.95 Å². The number of hydrogen-bond donors (Lipinski definition) is 1. The van der Waals surface area contributed by atoms with Crippen LogP contribution in [-0.4, -0.2) is 23.0 Å². The highest BCUT2D eigenvalue weighted by molar-refractivity contribution is 6.31. The molecule has 1 amide bonds. The third-order valence-corrected chi connectivity index (χ3v) is 2.88. The van der Waals surface area contributed by atoms with Crippen LogP contribution in [0.2, 0.25) is 10.2 Å². The van der Waals surface area contributed by atoms with E-state index in [9.17, 15) is 4.79 Å². The van der Waals surface area contributed by atoms with Gasteiger partial charge in [0.15, 0.2) is 0 Å². The first-order valence-corrected chi connectivity index (χ1v) is 6.41. The van der Waals surface area contributed by atoms with Crippen molar-refractivity contribution in [1.29, 1.82) is 0 Å². The molecule has 5 nitrogen and oxygen atoms in total. The van der Waals surface area contributed by atoms with Gasteiger partial charge in [-0.15, -0.1) is 0 Å². The third kappa shape index (κ3) is 3.37. The van der Waals surface area contributed by atoms with Crippen LogP contribution in [0.15, 0.2) is 24.3 Å². The first-order chi connectivity index (χ1) is 9.49. The number of anilines is 1. The smallest absolute Gasteiger partial charge is 0.261 e. The summed E-state index contributed by atoms with van der Waals surface area (Å²) < 4.78 is 5.12. The molecule has 0 aliphatic heterocycles. The largest absolute Gasteiger partial charge is 0.496 e. The second-order valence-electron chi connectivity index (χ2n) is 3.95. The number of hydrogen-bond acceptors (Lipinski definition) is 4. The predicted molar refractivity (Wildman–Crippen MR) is 77.7 cm³/mol. The van der Waals surface area contributed by atoms with E-state index in [4.69, 9.17) is 27.9 Å². The molecular weight excluding hydrogens is 301 g/mol. The molecule has 0 saturated carbocycles. The molecule has 0 aliphatic rings. The molecular formula is C13H11Cl2N3O2. The zero-order chi connectivity index (χ0) is 14.7. The van der Waals surface area contributed by atoms with Crippen molar-refractivity contribution >= 4 is 35.1 Å². The van der Waals surface area contributed by atoms with Crippen molar-refractivity contribution in [3.05, 3.63) is 45.7 Å². The van der Waals surface area contributed by atoms with Crippen LogP contribution >= 0.6 is 23.2 Å². The fourth-order valence-corrected chi connectivity index (χ4v) is 2.02. The summed E-state index contributed by atoms with van der Waals surface area (Å²) in [6.45, 7) is 1.75. The van der Waals surface area contributed by atoms with Crippen molar-refractivity contribution in [2.24, 2.45) is 0 Å². The van der Waals surface area contributed by atoms with Gasteiger partial charge in [-0.25, -0.2) is 9.97 Å². The molecule has 0 atom stereocenters. The Labute approximate surface area is 125 Å². The van der Waals surface area contributed by atoms with Crippen LogP contribution < -0.4 is 10.1 Å². The SMILES string of the molecule is COc1ccc(Cl)cc1C(=O)Nc1nc(C)cc(Cl)n1. The van der Waals surface area contributed by atoms with Gasteiger partial charge < -0.3 is 4.74 Å². The summed E-state index contributed by atoms with van der Waals surface area (Å²) in [6, 6.07) is 6.35. The lowest BCUT2D eigenvalue weighted by Crippen LogP contribution is -2.15. The Bertz CT molecular complexity index is 642. The van der Waals surface area contributed by atoms with Gasteiger partial charge >= 0.3 is 0 Å². The number of carbonyl (C=O) groups is 1. The minimum atomic E-state index is -0.425. The maximum atomic E-state index is 12.2. The number of benzene rings is 1. The van der Waals surface area contributed by atoms with E-state index in [0.29, 0.717) is 22.0 Å². The van der Waals surface area contributed by atoms with Crippen molar-refractivity contribution in [2.45, 2.75) is 6.92 Å². The quantitative estimate of drug-likeness (QED) is 0.883. The first-order valence-electron chi connectivity index (χ1n) is 5.65. The lowest BCUT2D eigenvalue weighted by atomic mass is 10.2. The zero-order valence-electron chi connectivity index (χ0n) is 10.8. The summed E-state index contributed by atoms with van der Waals surface area (Å²) in [7, 11) is 1.47. The molecule has 104 valence electrons. The van der Waals surface area contributed by atoms with Gasteiger partial charge in [-0.2, -0.15) is 0 Å². The van der Waals surface area contributed by atoms with Crippen LogP contribution in [0.1, 0.15) is 16.1 Å². The van der Waals surface area contributed by atoms with Crippen LogP contribution in [0, 0.1) is 6.92 Å². The molecule has 1 aromatic carbocycles. The van der Waals surface area contributed by atoms with E-state index >= 15 is 0 Å². The minimum absolute atomic E-state index is 0.127. The summed E-state index contributed by atoms with van der Waals surface area (Å²) in [5, 5.41) is 3.24. The summed E-state index contributed by atoms with van der Waals surface area (Å²) in [5.74, 6) is 0.110. The van der Waals surface area contributed by atoms with E-state index in [-0.39, 0.29) is 11.1 Å². The lowest BCUT2D eigenvalue weighted by Gasteiger charge is -2.09. The average molecular weight is 312 g/mol. The number of aromatic nitrogens is 2. The molecule has 7 heteroatoms. The molecule has 1 aromatic heterocycles. The summed E-state index contributed by atoms with van der Waals surface area (Å²) in [4.78, 5) is 20.2. The molecule has 2 aromatic rings. The number of methoxy groups -OCH3 is 1. The molecule has 1 N–H and O–H groups in total. The fourth-order valence-electron chi connectivity index (χ4n) is 1.61. The van der Waals surface area contributed by atoms with E-state index in [2.05, 4.69) is 15.3 Å². The standard InChI is InChI=1S/C13H11Cl2N3O2/c1-7-5-11(15)17-13(16-7)18-12(19)9-6-8(14)3-4-10(9)20-2/h3-6H,1-2H3,(H,16,17,18,19). The topological polar surface area (TPSA) is 64.1 Å². The summed E-state index contributed by atoms with van der Waals surface area (Å²) >= 11 is 11.7. The number of carbonyl (C=O) groups excluding carboxylic acids is 1. The van der Waals surface area contributed by atoms with Gasteiger partial charge in [0.1, 0.15) is 10.9 Å². The van der Waals surface area contributed by atoms with Crippen molar-refractivity contribution in [2.75, 3.05) is 12.4 Å². The van der Waals surface area contributed by atoms with Crippen molar-refractivity contribution < 1.29 is 9.53 Å². The highest BCUT2D eigenvalue weighted by atomic mass is 35.5. The Balaban J connectivity index is 2.30. The molecule has 2 rings (SSSR count). The van der Waals surface area contributed by atoms with Gasteiger partial charge in [-0.3, -0.25) is 10.1 Å².